The van der Waals surface area contributed by atoms with Crippen molar-refractivity contribution in [1.29, 1.82) is 0 Å². The van der Waals surface area contributed by atoms with Crippen LogP contribution in [-0.4, -0.2) is 19.6 Å². The minimum absolute atomic E-state index is 0.148. The molecular formula is C17H21N5. The van der Waals surface area contributed by atoms with Crippen molar-refractivity contribution in [3.63, 3.8) is 0 Å². The normalized spacial score (nSPS) is 12.5. The third-order valence-electron chi connectivity index (χ3n) is 3.70. The third kappa shape index (κ3) is 2.79. The van der Waals surface area contributed by atoms with Crippen LogP contribution in [0.15, 0.2) is 30.5 Å². The fourth-order valence-corrected chi connectivity index (χ4v) is 2.63. The molecule has 0 amide bonds. The highest BCUT2D eigenvalue weighted by Gasteiger charge is 2.14. The molecule has 0 radical (unpaired) electrons. The van der Waals surface area contributed by atoms with Crippen LogP contribution in [0.1, 0.15) is 42.0 Å². The van der Waals surface area contributed by atoms with E-state index in [0.717, 1.165) is 35.0 Å². The van der Waals surface area contributed by atoms with E-state index in [0.29, 0.717) is 0 Å². The standard InChI is InChI=1S/C17H21N5/c1-5-14(15-8-11(2)6-7-18-15)20-17-9-12(3)19-16-10-13(4)21-22(16)17/h6-10,14,20H,5H2,1-4H3/t14-/m1/s1. The molecule has 0 aromatic carbocycles. The maximum absolute atomic E-state index is 4.52. The topological polar surface area (TPSA) is 55.1 Å². The summed E-state index contributed by atoms with van der Waals surface area (Å²) in [5.41, 5.74) is 5.07. The Morgan fingerprint density at radius 3 is 2.68 bits per heavy atom. The number of nitrogens with one attached hydrogen (secondary N) is 1. The van der Waals surface area contributed by atoms with Crippen molar-refractivity contribution >= 4 is 11.5 Å². The molecular weight excluding hydrogens is 274 g/mol. The van der Waals surface area contributed by atoms with Crippen LogP contribution in [0.25, 0.3) is 5.65 Å². The van der Waals surface area contributed by atoms with E-state index in [1.165, 1.54) is 5.56 Å². The lowest BCUT2D eigenvalue weighted by Crippen LogP contribution is -2.14. The molecule has 5 nitrogen and oxygen atoms in total. The molecule has 3 aromatic rings. The molecule has 0 spiro atoms. The second kappa shape index (κ2) is 5.75. The van der Waals surface area contributed by atoms with Crippen LogP contribution in [-0.2, 0) is 0 Å². The van der Waals surface area contributed by atoms with E-state index in [2.05, 4.69) is 40.3 Å². The SMILES string of the molecule is CC[C@@H](Nc1cc(C)nc2cc(C)nn12)c1cc(C)ccn1. The van der Waals surface area contributed by atoms with Crippen LogP contribution in [0, 0.1) is 20.8 Å². The first-order valence-electron chi connectivity index (χ1n) is 7.60. The van der Waals surface area contributed by atoms with Crippen LogP contribution in [0.4, 0.5) is 5.82 Å². The lowest BCUT2D eigenvalue weighted by Gasteiger charge is -2.19. The van der Waals surface area contributed by atoms with Crippen molar-refractivity contribution < 1.29 is 0 Å². The zero-order valence-electron chi connectivity index (χ0n) is 13.5. The molecule has 0 saturated heterocycles. The van der Waals surface area contributed by atoms with Gasteiger partial charge in [-0.3, -0.25) is 4.98 Å². The highest BCUT2D eigenvalue weighted by Crippen LogP contribution is 2.23. The average Bonchev–Trinajstić information content (AvgIpc) is 2.84. The minimum Gasteiger partial charge on any atom is -0.362 e. The summed E-state index contributed by atoms with van der Waals surface area (Å²) in [7, 11) is 0. The van der Waals surface area contributed by atoms with Gasteiger partial charge in [-0.05, 0) is 44.9 Å². The van der Waals surface area contributed by atoms with Crippen molar-refractivity contribution in [3.05, 3.63) is 53.1 Å². The molecule has 0 unspecified atom stereocenters. The summed E-state index contributed by atoms with van der Waals surface area (Å²) < 4.78 is 1.86. The molecule has 5 heteroatoms. The first-order chi connectivity index (χ1) is 10.6. The number of aryl methyl sites for hydroxylation is 3. The summed E-state index contributed by atoms with van der Waals surface area (Å²) in [6, 6.07) is 8.30. The minimum atomic E-state index is 0.148. The van der Waals surface area contributed by atoms with Gasteiger partial charge in [0.1, 0.15) is 5.82 Å². The van der Waals surface area contributed by atoms with Gasteiger partial charge < -0.3 is 5.32 Å². The van der Waals surface area contributed by atoms with Crippen LogP contribution >= 0.6 is 0 Å². The first-order valence-corrected chi connectivity index (χ1v) is 7.60. The van der Waals surface area contributed by atoms with E-state index in [9.17, 15) is 0 Å². The van der Waals surface area contributed by atoms with Gasteiger partial charge in [0.15, 0.2) is 5.65 Å². The van der Waals surface area contributed by atoms with Gasteiger partial charge in [0.2, 0.25) is 0 Å². The lowest BCUT2D eigenvalue weighted by molar-refractivity contribution is 0.709. The van der Waals surface area contributed by atoms with Crippen LogP contribution in [0.2, 0.25) is 0 Å². The van der Waals surface area contributed by atoms with E-state index in [1.807, 2.05) is 42.8 Å². The van der Waals surface area contributed by atoms with E-state index in [1.54, 1.807) is 0 Å². The van der Waals surface area contributed by atoms with Gasteiger partial charge in [0.25, 0.3) is 0 Å². The summed E-state index contributed by atoms with van der Waals surface area (Å²) in [4.78, 5) is 9.03. The Hall–Kier alpha value is -2.43. The Bertz CT molecular complexity index is 806. The summed E-state index contributed by atoms with van der Waals surface area (Å²) >= 11 is 0. The predicted molar refractivity (Wildman–Crippen MR) is 88.1 cm³/mol. The first kappa shape index (κ1) is 14.5. The number of hydrogen-bond donors (Lipinski definition) is 1. The third-order valence-corrected chi connectivity index (χ3v) is 3.70. The summed E-state index contributed by atoms with van der Waals surface area (Å²) in [5.74, 6) is 0.950. The van der Waals surface area contributed by atoms with Crippen molar-refractivity contribution in [2.45, 2.75) is 40.2 Å². The van der Waals surface area contributed by atoms with Crippen molar-refractivity contribution in [2.24, 2.45) is 0 Å². The summed E-state index contributed by atoms with van der Waals surface area (Å²) in [6.45, 7) is 8.22. The number of nitrogens with zero attached hydrogens (tertiary/aromatic N) is 4. The number of aromatic nitrogens is 4. The Balaban J connectivity index is 2.00. The predicted octanol–water partition coefficient (Wildman–Crippen LogP) is 3.61. The molecule has 0 aliphatic heterocycles. The quantitative estimate of drug-likeness (QED) is 0.799. The number of pyridine rings is 1. The average molecular weight is 295 g/mol. The van der Waals surface area contributed by atoms with Crippen LogP contribution < -0.4 is 5.32 Å². The van der Waals surface area contributed by atoms with Gasteiger partial charge in [-0.25, -0.2) is 4.98 Å². The van der Waals surface area contributed by atoms with Gasteiger partial charge in [-0.2, -0.15) is 9.61 Å². The maximum atomic E-state index is 4.52. The maximum Gasteiger partial charge on any atom is 0.157 e. The number of fused-ring (bicyclic) bond motifs is 1. The molecule has 0 aliphatic rings. The molecule has 22 heavy (non-hydrogen) atoms. The van der Waals surface area contributed by atoms with Crippen molar-refractivity contribution in [2.75, 3.05) is 5.32 Å². The molecule has 0 fully saturated rings. The van der Waals surface area contributed by atoms with Crippen molar-refractivity contribution in [3.8, 4) is 0 Å². The monoisotopic (exact) mass is 295 g/mol. The fourth-order valence-electron chi connectivity index (χ4n) is 2.63. The Labute approximate surface area is 130 Å². The molecule has 0 aliphatic carbocycles. The van der Waals surface area contributed by atoms with Crippen molar-refractivity contribution in [1.82, 2.24) is 19.6 Å². The highest BCUT2D eigenvalue weighted by molar-refractivity contribution is 5.51. The molecule has 1 atom stereocenters. The Kier molecular flexibility index (Phi) is 3.79. The number of anilines is 1. The second-order valence-electron chi connectivity index (χ2n) is 5.70. The summed E-state index contributed by atoms with van der Waals surface area (Å²) in [6.07, 6.45) is 2.81. The molecule has 0 saturated carbocycles. The van der Waals surface area contributed by atoms with E-state index in [4.69, 9.17) is 0 Å². The Morgan fingerprint density at radius 2 is 1.95 bits per heavy atom. The van der Waals surface area contributed by atoms with Gasteiger partial charge in [-0.15, -0.1) is 0 Å². The van der Waals surface area contributed by atoms with Crippen LogP contribution in [0.3, 0.4) is 0 Å². The summed E-state index contributed by atoms with van der Waals surface area (Å²) in [5, 5.41) is 8.09. The van der Waals surface area contributed by atoms with E-state index < -0.39 is 0 Å². The van der Waals surface area contributed by atoms with Gasteiger partial charge in [-0.1, -0.05) is 6.92 Å². The second-order valence-corrected chi connectivity index (χ2v) is 5.70. The highest BCUT2D eigenvalue weighted by atomic mass is 15.3. The van der Waals surface area contributed by atoms with E-state index >= 15 is 0 Å². The van der Waals surface area contributed by atoms with Crippen LogP contribution in [0.5, 0.6) is 0 Å². The molecule has 1 N–H and O–H groups in total. The van der Waals surface area contributed by atoms with E-state index in [-0.39, 0.29) is 6.04 Å². The number of hydrogen-bond acceptors (Lipinski definition) is 4. The zero-order chi connectivity index (χ0) is 15.7. The smallest absolute Gasteiger partial charge is 0.157 e. The number of rotatable bonds is 4. The fraction of sp³-hybridized carbons (Fsp3) is 0.353. The zero-order valence-corrected chi connectivity index (χ0v) is 13.5. The van der Waals surface area contributed by atoms with Gasteiger partial charge in [0.05, 0.1) is 17.4 Å². The largest absolute Gasteiger partial charge is 0.362 e. The molecule has 3 rings (SSSR count). The van der Waals surface area contributed by atoms with Gasteiger partial charge in [0, 0.05) is 24.0 Å². The Morgan fingerprint density at radius 1 is 1.14 bits per heavy atom. The molecule has 3 heterocycles. The molecule has 114 valence electrons. The van der Waals surface area contributed by atoms with Gasteiger partial charge >= 0.3 is 0 Å². The lowest BCUT2D eigenvalue weighted by atomic mass is 10.1. The molecule has 3 aromatic heterocycles. The molecule has 0 bridgehead atoms.